The second-order valence-corrected chi connectivity index (χ2v) is 3.13. The van der Waals surface area contributed by atoms with Crippen LogP contribution in [0.25, 0.3) is 4.91 Å². The molecule has 0 atom stereocenters. The topological polar surface area (TPSA) is 26.3 Å². The first-order valence-electron chi connectivity index (χ1n) is 4.37. The van der Waals surface area contributed by atoms with Crippen molar-refractivity contribution in [1.82, 2.24) is 0 Å². The predicted octanol–water partition coefficient (Wildman–Crippen LogP) is 2.52. The first-order chi connectivity index (χ1) is 6.74. The second kappa shape index (κ2) is 5.50. The van der Waals surface area contributed by atoms with Gasteiger partial charge in [0.1, 0.15) is 0 Å². The van der Waals surface area contributed by atoms with Crippen LogP contribution in [0.5, 0.6) is 0 Å². The predicted molar refractivity (Wildman–Crippen MR) is 60.0 cm³/mol. The smallest absolute Gasteiger partial charge is 0.331 e. The molecule has 0 amide bonds. The molecule has 0 unspecified atom stereocenters. The van der Waals surface area contributed by atoms with Crippen molar-refractivity contribution < 1.29 is 9.53 Å². The molecule has 0 N–H and O–H groups in total. The van der Waals surface area contributed by atoms with Crippen LogP contribution in [-0.4, -0.2) is 12.6 Å². The molecule has 0 saturated heterocycles. The van der Waals surface area contributed by atoms with Gasteiger partial charge in [-0.25, -0.2) is 4.79 Å². The van der Waals surface area contributed by atoms with Crippen LogP contribution in [0, 0.1) is 0 Å². The fourth-order valence-corrected chi connectivity index (χ4v) is 1.24. The maximum atomic E-state index is 11.1. The summed E-state index contributed by atoms with van der Waals surface area (Å²) in [5, 5.41) is 0. The molecular weight excluding hydrogens is 196 g/mol. The molecule has 0 bridgehead atoms. The average molecular weight is 208 g/mol. The van der Waals surface area contributed by atoms with Gasteiger partial charge in [0.15, 0.2) is 0 Å². The van der Waals surface area contributed by atoms with Gasteiger partial charge < -0.3 is 4.74 Å². The molecular formula is C11H12O2S. The Hall–Kier alpha value is -1.22. The number of benzene rings is 1. The summed E-state index contributed by atoms with van der Waals surface area (Å²) < 4.78 is 4.77. The maximum Gasteiger partial charge on any atom is 0.331 e. The summed E-state index contributed by atoms with van der Waals surface area (Å²) in [7, 11) is 0. The van der Waals surface area contributed by atoms with Gasteiger partial charge >= 0.3 is 5.97 Å². The summed E-state index contributed by atoms with van der Waals surface area (Å²) in [6.07, 6.45) is 1.38. The average Bonchev–Trinajstić information content (AvgIpc) is 2.19. The van der Waals surface area contributed by atoms with Crippen LogP contribution in [-0.2, 0) is 9.53 Å². The standard InChI is InChI=1S/C11H12O2S/c1-2-13-11(12)8-10(14)9-6-4-3-5-7-9/h3-8,14H,2H2,1H3/b10-8+. The van der Waals surface area contributed by atoms with Gasteiger partial charge in [-0.1, -0.05) is 30.3 Å². The number of thiol groups is 1. The molecule has 0 aromatic heterocycles. The van der Waals surface area contributed by atoms with E-state index in [0.29, 0.717) is 11.5 Å². The summed E-state index contributed by atoms with van der Waals surface area (Å²) in [4.78, 5) is 11.7. The lowest BCUT2D eigenvalue weighted by molar-refractivity contribution is -0.137. The molecule has 0 fully saturated rings. The zero-order valence-corrected chi connectivity index (χ0v) is 8.83. The summed E-state index contributed by atoms with van der Waals surface area (Å²) in [6, 6.07) is 9.47. The van der Waals surface area contributed by atoms with Crippen LogP contribution in [0.4, 0.5) is 0 Å². The van der Waals surface area contributed by atoms with Gasteiger partial charge in [0.2, 0.25) is 0 Å². The molecule has 1 rings (SSSR count). The highest BCUT2D eigenvalue weighted by atomic mass is 32.1. The minimum atomic E-state index is -0.360. The first kappa shape index (κ1) is 10.9. The van der Waals surface area contributed by atoms with Gasteiger partial charge in [-0.15, -0.1) is 12.6 Å². The molecule has 14 heavy (non-hydrogen) atoms. The lowest BCUT2D eigenvalue weighted by Gasteiger charge is -2.00. The SMILES string of the molecule is CCOC(=O)/C=C(/S)c1ccccc1. The van der Waals surface area contributed by atoms with E-state index >= 15 is 0 Å². The summed E-state index contributed by atoms with van der Waals surface area (Å²) >= 11 is 4.21. The molecule has 0 radical (unpaired) electrons. The van der Waals surface area contributed by atoms with Crippen LogP contribution < -0.4 is 0 Å². The minimum Gasteiger partial charge on any atom is -0.463 e. The Labute approximate surface area is 89.0 Å². The van der Waals surface area contributed by atoms with E-state index in [-0.39, 0.29) is 5.97 Å². The third-order valence-electron chi connectivity index (χ3n) is 1.61. The quantitative estimate of drug-likeness (QED) is 0.469. The molecule has 0 saturated carbocycles. The van der Waals surface area contributed by atoms with E-state index in [1.807, 2.05) is 30.3 Å². The van der Waals surface area contributed by atoms with E-state index < -0.39 is 0 Å². The Balaban J connectivity index is 2.75. The zero-order chi connectivity index (χ0) is 10.4. The van der Waals surface area contributed by atoms with Gasteiger partial charge in [-0.05, 0) is 12.5 Å². The van der Waals surface area contributed by atoms with E-state index in [4.69, 9.17) is 4.74 Å². The van der Waals surface area contributed by atoms with Gasteiger partial charge in [-0.3, -0.25) is 0 Å². The first-order valence-corrected chi connectivity index (χ1v) is 4.81. The minimum absolute atomic E-state index is 0.360. The van der Waals surface area contributed by atoms with Crippen molar-refractivity contribution in [3.63, 3.8) is 0 Å². The van der Waals surface area contributed by atoms with Crippen molar-refractivity contribution in [3.05, 3.63) is 42.0 Å². The van der Waals surface area contributed by atoms with E-state index in [9.17, 15) is 4.79 Å². The molecule has 74 valence electrons. The van der Waals surface area contributed by atoms with Crippen LogP contribution in [0.3, 0.4) is 0 Å². The Morgan fingerprint density at radius 1 is 1.43 bits per heavy atom. The molecule has 1 aromatic rings. The van der Waals surface area contributed by atoms with Crippen molar-refractivity contribution in [1.29, 1.82) is 0 Å². The summed E-state index contributed by atoms with van der Waals surface area (Å²) in [6.45, 7) is 2.15. The van der Waals surface area contributed by atoms with E-state index in [1.54, 1.807) is 6.92 Å². The van der Waals surface area contributed by atoms with Crippen molar-refractivity contribution in [2.45, 2.75) is 6.92 Å². The lowest BCUT2D eigenvalue weighted by atomic mass is 10.2. The number of hydrogen-bond donors (Lipinski definition) is 1. The molecule has 0 aliphatic heterocycles. The summed E-state index contributed by atoms with van der Waals surface area (Å²) in [5.74, 6) is -0.360. The van der Waals surface area contributed by atoms with E-state index in [2.05, 4.69) is 12.6 Å². The Morgan fingerprint density at radius 3 is 2.64 bits per heavy atom. The molecule has 0 aliphatic rings. The fraction of sp³-hybridized carbons (Fsp3) is 0.182. The van der Waals surface area contributed by atoms with Gasteiger partial charge in [0.05, 0.1) is 6.61 Å². The molecule has 1 aromatic carbocycles. The lowest BCUT2D eigenvalue weighted by Crippen LogP contribution is -1.99. The Bertz CT molecular complexity index is 330. The Kier molecular flexibility index (Phi) is 4.26. The monoisotopic (exact) mass is 208 g/mol. The van der Waals surface area contributed by atoms with Gasteiger partial charge in [0, 0.05) is 11.0 Å². The van der Waals surface area contributed by atoms with Crippen molar-refractivity contribution in [2.75, 3.05) is 6.61 Å². The second-order valence-electron chi connectivity index (χ2n) is 2.65. The van der Waals surface area contributed by atoms with Crippen molar-refractivity contribution >= 4 is 23.5 Å². The van der Waals surface area contributed by atoms with Gasteiger partial charge in [-0.2, -0.15) is 0 Å². The van der Waals surface area contributed by atoms with Crippen molar-refractivity contribution in [3.8, 4) is 0 Å². The number of ether oxygens (including phenoxy) is 1. The highest BCUT2D eigenvalue weighted by molar-refractivity contribution is 7.90. The van der Waals surface area contributed by atoms with Crippen LogP contribution in [0.2, 0.25) is 0 Å². The zero-order valence-electron chi connectivity index (χ0n) is 7.93. The van der Waals surface area contributed by atoms with Gasteiger partial charge in [0.25, 0.3) is 0 Å². The third-order valence-corrected chi connectivity index (χ3v) is 2.00. The highest BCUT2D eigenvalue weighted by Crippen LogP contribution is 2.17. The Morgan fingerprint density at radius 2 is 2.07 bits per heavy atom. The molecule has 0 aliphatic carbocycles. The number of hydrogen-bond acceptors (Lipinski definition) is 3. The van der Waals surface area contributed by atoms with E-state index in [0.717, 1.165) is 5.56 Å². The molecule has 0 heterocycles. The molecule has 3 heteroatoms. The highest BCUT2D eigenvalue weighted by Gasteiger charge is 2.00. The van der Waals surface area contributed by atoms with Crippen LogP contribution >= 0.6 is 12.6 Å². The van der Waals surface area contributed by atoms with E-state index in [1.165, 1.54) is 6.08 Å². The number of esters is 1. The number of carbonyl (C=O) groups is 1. The molecule has 2 nitrogen and oxygen atoms in total. The third kappa shape index (κ3) is 3.26. The maximum absolute atomic E-state index is 11.1. The summed E-state index contributed by atoms with van der Waals surface area (Å²) in [5.41, 5.74) is 0.906. The van der Waals surface area contributed by atoms with Crippen LogP contribution in [0.15, 0.2) is 36.4 Å². The largest absolute Gasteiger partial charge is 0.463 e. The van der Waals surface area contributed by atoms with Crippen molar-refractivity contribution in [2.24, 2.45) is 0 Å². The normalized spacial score (nSPS) is 11.1. The molecule has 0 spiro atoms. The fourth-order valence-electron chi connectivity index (χ4n) is 0.988. The van der Waals surface area contributed by atoms with Crippen LogP contribution in [0.1, 0.15) is 12.5 Å². The number of carbonyl (C=O) groups excluding carboxylic acids is 1. The number of rotatable bonds is 3.